The molecule has 0 bridgehead atoms. The van der Waals surface area contributed by atoms with Gasteiger partial charge in [-0.05, 0) is 62.4 Å². The van der Waals surface area contributed by atoms with Crippen molar-refractivity contribution in [3.05, 3.63) is 52.3 Å². The number of fused-ring (bicyclic) bond motifs is 1. The van der Waals surface area contributed by atoms with E-state index in [-0.39, 0.29) is 17.1 Å². The molecule has 3 rings (SSSR count). The lowest BCUT2D eigenvalue weighted by Gasteiger charge is -2.47. The molecule has 144 valence electrons. The molecule has 5 heteroatoms. The van der Waals surface area contributed by atoms with Crippen molar-refractivity contribution < 1.29 is 9.50 Å². The number of halogens is 2. The van der Waals surface area contributed by atoms with E-state index in [1.807, 2.05) is 6.07 Å². The lowest BCUT2D eigenvalue weighted by molar-refractivity contribution is 0.375. The van der Waals surface area contributed by atoms with E-state index in [1.54, 1.807) is 18.2 Å². The number of rotatable bonds is 4. The van der Waals surface area contributed by atoms with Crippen molar-refractivity contribution in [3.8, 4) is 5.75 Å². The van der Waals surface area contributed by atoms with Gasteiger partial charge < -0.3 is 10.0 Å². The molecule has 1 atom stereocenters. The van der Waals surface area contributed by atoms with E-state index < -0.39 is 0 Å². The average molecular weight is 389 g/mol. The Hall–Kier alpha value is -2.07. The van der Waals surface area contributed by atoms with E-state index in [0.29, 0.717) is 22.2 Å². The van der Waals surface area contributed by atoms with Gasteiger partial charge in [0.15, 0.2) is 0 Å². The Morgan fingerprint density at radius 1 is 1.33 bits per heavy atom. The number of anilines is 1. The van der Waals surface area contributed by atoms with Crippen LogP contribution in [-0.2, 0) is 0 Å². The Morgan fingerprint density at radius 2 is 2.07 bits per heavy atom. The van der Waals surface area contributed by atoms with Gasteiger partial charge in [-0.1, -0.05) is 25.4 Å². The Morgan fingerprint density at radius 3 is 2.74 bits per heavy atom. The fraction of sp³-hybridized carbons (Fsp3) is 0.409. The molecule has 1 heterocycles. The van der Waals surface area contributed by atoms with Gasteiger partial charge in [-0.2, -0.15) is 0 Å². The van der Waals surface area contributed by atoms with Crippen LogP contribution in [0.2, 0.25) is 5.02 Å². The minimum atomic E-state index is -0.308. The van der Waals surface area contributed by atoms with Crippen molar-refractivity contribution in [2.24, 2.45) is 4.99 Å². The summed E-state index contributed by atoms with van der Waals surface area (Å²) in [6.07, 6.45) is 3.49. The van der Waals surface area contributed by atoms with Gasteiger partial charge in [0.2, 0.25) is 0 Å². The summed E-state index contributed by atoms with van der Waals surface area (Å²) in [6, 6.07) is 8.20. The number of aromatic hydroxyl groups is 1. The molecule has 0 saturated heterocycles. The van der Waals surface area contributed by atoms with E-state index in [4.69, 9.17) is 11.6 Å². The van der Waals surface area contributed by atoms with E-state index in [0.717, 1.165) is 30.6 Å². The standard InChI is InChI=1S/C22H26ClFN2O/c1-5-8-26-20-11-18(24)15(9-17(20)14(2)12-22(26,3)4)13-25-19-7-6-16(23)10-21(19)27/h6-7,9-11,13-14,27H,5,8,12H2,1-4H3. The number of hydrogen-bond acceptors (Lipinski definition) is 3. The lowest BCUT2D eigenvalue weighted by Crippen LogP contribution is -2.48. The van der Waals surface area contributed by atoms with Crippen molar-refractivity contribution in [1.29, 1.82) is 0 Å². The van der Waals surface area contributed by atoms with Crippen LogP contribution in [0, 0.1) is 5.82 Å². The molecule has 1 aliphatic heterocycles. The SMILES string of the molecule is CCCN1c2cc(F)c(C=Nc3ccc(Cl)cc3O)cc2C(C)CC1(C)C. The Bertz CT molecular complexity index is 879. The maximum absolute atomic E-state index is 14.8. The first-order valence-corrected chi connectivity index (χ1v) is 9.74. The van der Waals surface area contributed by atoms with Gasteiger partial charge in [-0.3, -0.25) is 4.99 Å². The molecule has 3 nitrogen and oxygen atoms in total. The molecule has 0 aromatic heterocycles. The number of nitrogens with zero attached hydrogens (tertiary/aromatic N) is 2. The van der Waals surface area contributed by atoms with E-state index in [9.17, 15) is 9.50 Å². The lowest BCUT2D eigenvalue weighted by atomic mass is 9.79. The molecule has 1 N–H and O–H groups in total. The van der Waals surface area contributed by atoms with Crippen molar-refractivity contribution >= 4 is 29.2 Å². The maximum Gasteiger partial charge on any atom is 0.142 e. The number of phenols is 1. The summed E-state index contributed by atoms with van der Waals surface area (Å²) in [4.78, 5) is 6.57. The molecule has 27 heavy (non-hydrogen) atoms. The molecule has 1 unspecified atom stereocenters. The molecule has 2 aromatic carbocycles. The van der Waals surface area contributed by atoms with Gasteiger partial charge in [-0.15, -0.1) is 0 Å². The third-order valence-electron chi connectivity index (χ3n) is 5.23. The van der Waals surface area contributed by atoms with Crippen LogP contribution in [0.5, 0.6) is 5.75 Å². The van der Waals surface area contributed by atoms with Crippen LogP contribution in [0.25, 0.3) is 0 Å². The largest absolute Gasteiger partial charge is 0.506 e. The summed E-state index contributed by atoms with van der Waals surface area (Å²) in [5.74, 6) is -0.00176. The number of phenolic OH excluding ortho intramolecular Hbond substituents is 1. The highest BCUT2D eigenvalue weighted by molar-refractivity contribution is 6.30. The summed E-state index contributed by atoms with van der Waals surface area (Å²) in [6.45, 7) is 9.67. The highest BCUT2D eigenvalue weighted by Crippen LogP contribution is 2.44. The zero-order valence-electron chi connectivity index (χ0n) is 16.3. The number of aliphatic imine (C=N–C) groups is 1. The van der Waals surface area contributed by atoms with Crippen LogP contribution in [0.4, 0.5) is 15.8 Å². The predicted octanol–water partition coefficient (Wildman–Crippen LogP) is 6.44. The van der Waals surface area contributed by atoms with Crippen LogP contribution in [-0.4, -0.2) is 23.4 Å². The predicted molar refractivity (Wildman–Crippen MR) is 112 cm³/mol. The molecule has 0 radical (unpaired) electrons. The Balaban J connectivity index is 2.00. The molecule has 2 aromatic rings. The van der Waals surface area contributed by atoms with Gasteiger partial charge in [0.05, 0.1) is 0 Å². The molecular weight excluding hydrogens is 363 g/mol. The zero-order chi connectivity index (χ0) is 19.8. The average Bonchev–Trinajstić information content (AvgIpc) is 2.58. The summed E-state index contributed by atoms with van der Waals surface area (Å²) >= 11 is 5.84. The topological polar surface area (TPSA) is 35.8 Å². The molecular formula is C22H26ClFN2O. The highest BCUT2D eigenvalue weighted by Gasteiger charge is 2.36. The second-order valence-corrected chi connectivity index (χ2v) is 8.33. The quantitative estimate of drug-likeness (QED) is 0.612. The Labute approximate surface area is 165 Å². The minimum Gasteiger partial charge on any atom is -0.506 e. The molecule has 0 amide bonds. The molecule has 0 saturated carbocycles. The van der Waals surface area contributed by atoms with Gasteiger partial charge in [0, 0.05) is 40.6 Å². The smallest absolute Gasteiger partial charge is 0.142 e. The van der Waals surface area contributed by atoms with E-state index in [1.165, 1.54) is 12.3 Å². The fourth-order valence-electron chi connectivity index (χ4n) is 4.01. The van der Waals surface area contributed by atoms with Gasteiger partial charge in [0.25, 0.3) is 0 Å². The second kappa shape index (κ2) is 7.51. The van der Waals surface area contributed by atoms with E-state index in [2.05, 4.69) is 37.6 Å². The molecule has 1 aliphatic rings. The summed E-state index contributed by atoms with van der Waals surface area (Å²) in [7, 11) is 0. The van der Waals surface area contributed by atoms with Crippen molar-refractivity contribution in [2.75, 3.05) is 11.4 Å². The summed E-state index contributed by atoms with van der Waals surface area (Å²) in [5, 5.41) is 10.4. The zero-order valence-corrected chi connectivity index (χ0v) is 17.0. The van der Waals surface area contributed by atoms with Crippen molar-refractivity contribution in [3.63, 3.8) is 0 Å². The second-order valence-electron chi connectivity index (χ2n) is 7.89. The highest BCUT2D eigenvalue weighted by atomic mass is 35.5. The van der Waals surface area contributed by atoms with Crippen molar-refractivity contribution in [2.45, 2.75) is 52.0 Å². The van der Waals surface area contributed by atoms with Gasteiger partial charge in [0.1, 0.15) is 17.3 Å². The first-order chi connectivity index (χ1) is 12.7. The summed E-state index contributed by atoms with van der Waals surface area (Å²) < 4.78 is 14.8. The third-order valence-corrected chi connectivity index (χ3v) is 5.47. The van der Waals surface area contributed by atoms with Crippen LogP contribution < -0.4 is 4.90 Å². The van der Waals surface area contributed by atoms with Crippen LogP contribution in [0.3, 0.4) is 0 Å². The summed E-state index contributed by atoms with van der Waals surface area (Å²) in [5.41, 5.74) is 2.90. The first kappa shape index (κ1) is 19.7. The fourth-order valence-corrected chi connectivity index (χ4v) is 4.18. The Kier molecular flexibility index (Phi) is 5.48. The third kappa shape index (κ3) is 3.96. The van der Waals surface area contributed by atoms with Gasteiger partial charge >= 0.3 is 0 Å². The molecule has 0 fully saturated rings. The first-order valence-electron chi connectivity index (χ1n) is 9.36. The van der Waals surface area contributed by atoms with Crippen molar-refractivity contribution in [1.82, 2.24) is 0 Å². The normalized spacial score (nSPS) is 18.7. The number of benzene rings is 2. The number of hydrogen-bond donors (Lipinski definition) is 1. The van der Waals surface area contributed by atoms with Crippen LogP contribution >= 0.6 is 11.6 Å². The van der Waals surface area contributed by atoms with E-state index >= 15 is 0 Å². The van der Waals surface area contributed by atoms with Gasteiger partial charge in [-0.25, -0.2) is 4.39 Å². The minimum absolute atomic E-state index is 0.000427. The monoisotopic (exact) mass is 388 g/mol. The van der Waals surface area contributed by atoms with Crippen LogP contribution in [0.15, 0.2) is 35.3 Å². The molecule has 0 spiro atoms. The van der Waals surface area contributed by atoms with Crippen LogP contribution in [0.1, 0.15) is 57.6 Å². The molecule has 0 aliphatic carbocycles. The maximum atomic E-state index is 14.8.